The van der Waals surface area contributed by atoms with Gasteiger partial charge in [-0.2, -0.15) is 0 Å². The van der Waals surface area contributed by atoms with E-state index in [4.69, 9.17) is 5.11 Å². The van der Waals surface area contributed by atoms with Crippen LogP contribution in [0.3, 0.4) is 0 Å². The van der Waals surface area contributed by atoms with E-state index in [0.717, 1.165) is 4.57 Å². The van der Waals surface area contributed by atoms with Crippen molar-refractivity contribution < 1.29 is 19.1 Å². The third kappa shape index (κ3) is 1.83. The number of carboxylic acid groups (broad SMARTS) is 1. The second-order valence-electron chi connectivity index (χ2n) is 5.51. The van der Waals surface area contributed by atoms with E-state index in [1.54, 1.807) is 32.0 Å². The van der Waals surface area contributed by atoms with Gasteiger partial charge in [-0.15, -0.1) is 0 Å². The van der Waals surface area contributed by atoms with Gasteiger partial charge in [0.15, 0.2) is 0 Å². The first-order valence-corrected chi connectivity index (χ1v) is 6.39. The summed E-state index contributed by atoms with van der Waals surface area (Å²) in [6.07, 6.45) is 0.238. The Labute approximate surface area is 120 Å². The van der Waals surface area contributed by atoms with Crippen molar-refractivity contribution >= 4 is 17.7 Å². The number of aromatic nitrogens is 1. The fraction of sp³-hybridized carbons (Fsp3) is 0.200. The Balaban J connectivity index is 2.22. The second kappa shape index (κ2) is 4.18. The number of nitrogens with zero attached hydrogens (tertiary/aromatic N) is 1. The van der Waals surface area contributed by atoms with Crippen LogP contribution >= 0.6 is 0 Å². The number of rotatable bonds is 1. The van der Waals surface area contributed by atoms with Gasteiger partial charge >= 0.3 is 6.09 Å². The number of amides is 1. The summed E-state index contributed by atoms with van der Waals surface area (Å²) in [5.41, 5.74) is 0.623. The summed E-state index contributed by atoms with van der Waals surface area (Å²) >= 11 is 0. The maximum Gasteiger partial charge on any atom is 0.415 e. The molecule has 0 unspecified atom stereocenters. The van der Waals surface area contributed by atoms with Gasteiger partial charge in [0, 0.05) is 11.8 Å². The molecule has 1 aliphatic heterocycles. The lowest BCUT2D eigenvalue weighted by Crippen LogP contribution is -2.26. The minimum atomic E-state index is -1.15. The fourth-order valence-corrected chi connectivity index (χ4v) is 2.55. The molecule has 0 radical (unpaired) electrons. The highest BCUT2D eigenvalue weighted by Gasteiger charge is 2.40. The molecule has 1 aromatic heterocycles. The first-order chi connectivity index (χ1) is 9.82. The van der Waals surface area contributed by atoms with Crippen LogP contribution in [0, 0.1) is 5.82 Å². The van der Waals surface area contributed by atoms with Crippen LogP contribution in [0.25, 0.3) is 11.3 Å². The van der Waals surface area contributed by atoms with E-state index >= 15 is 0 Å². The van der Waals surface area contributed by atoms with Crippen LogP contribution < -0.4 is 5.32 Å². The van der Waals surface area contributed by atoms with Crippen molar-refractivity contribution in [1.82, 2.24) is 4.57 Å². The van der Waals surface area contributed by atoms with Gasteiger partial charge in [0.25, 0.3) is 0 Å². The third-order valence-corrected chi connectivity index (χ3v) is 3.82. The lowest BCUT2D eigenvalue weighted by Gasteiger charge is -2.16. The number of benzene rings is 1. The molecule has 2 aromatic rings. The van der Waals surface area contributed by atoms with Crippen LogP contribution in [0.15, 0.2) is 30.5 Å². The zero-order valence-electron chi connectivity index (χ0n) is 11.5. The molecule has 1 aliphatic rings. The van der Waals surface area contributed by atoms with Gasteiger partial charge in [0.2, 0.25) is 5.91 Å². The van der Waals surface area contributed by atoms with Gasteiger partial charge in [0.05, 0.1) is 16.8 Å². The molecule has 0 bridgehead atoms. The largest absolute Gasteiger partial charge is 0.464 e. The van der Waals surface area contributed by atoms with Crippen LogP contribution in [-0.2, 0) is 10.2 Å². The van der Waals surface area contributed by atoms with E-state index in [-0.39, 0.29) is 11.6 Å². The van der Waals surface area contributed by atoms with Crippen molar-refractivity contribution in [3.63, 3.8) is 0 Å². The number of carbonyl (C=O) groups is 2. The first-order valence-electron chi connectivity index (χ1n) is 6.39. The van der Waals surface area contributed by atoms with E-state index in [1.807, 2.05) is 0 Å². The van der Waals surface area contributed by atoms with Crippen molar-refractivity contribution in [2.24, 2.45) is 0 Å². The molecular weight excluding hydrogens is 275 g/mol. The summed E-state index contributed by atoms with van der Waals surface area (Å²) < 4.78 is 15.2. The molecule has 2 N–H and O–H groups in total. The zero-order chi connectivity index (χ0) is 15.4. The summed E-state index contributed by atoms with van der Waals surface area (Å²) in [7, 11) is 0. The smallest absolute Gasteiger partial charge is 0.415 e. The van der Waals surface area contributed by atoms with Crippen LogP contribution in [0.4, 0.5) is 14.9 Å². The molecule has 6 heteroatoms. The fourth-order valence-electron chi connectivity index (χ4n) is 2.55. The highest BCUT2D eigenvalue weighted by Crippen LogP contribution is 2.41. The van der Waals surface area contributed by atoms with E-state index in [2.05, 4.69) is 5.32 Å². The van der Waals surface area contributed by atoms with Crippen LogP contribution in [0.5, 0.6) is 0 Å². The minimum absolute atomic E-state index is 0.169. The van der Waals surface area contributed by atoms with Crippen molar-refractivity contribution in [3.05, 3.63) is 41.8 Å². The van der Waals surface area contributed by atoms with Crippen molar-refractivity contribution in [1.29, 1.82) is 0 Å². The number of anilines is 1. The zero-order valence-corrected chi connectivity index (χ0v) is 11.5. The highest BCUT2D eigenvalue weighted by molar-refractivity contribution is 6.06. The maximum absolute atomic E-state index is 14.2. The molecular formula is C15H13FN2O3. The van der Waals surface area contributed by atoms with Crippen molar-refractivity contribution in [3.8, 4) is 11.3 Å². The average Bonchev–Trinajstić information content (AvgIpc) is 2.96. The Morgan fingerprint density at radius 2 is 2.10 bits per heavy atom. The number of hydrogen-bond acceptors (Lipinski definition) is 2. The molecule has 0 fully saturated rings. The van der Waals surface area contributed by atoms with Crippen LogP contribution in [-0.4, -0.2) is 21.7 Å². The molecule has 3 rings (SSSR count). The molecule has 0 spiro atoms. The summed E-state index contributed by atoms with van der Waals surface area (Å²) in [5, 5.41) is 11.7. The highest BCUT2D eigenvalue weighted by atomic mass is 19.1. The molecule has 1 amide bonds. The quantitative estimate of drug-likeness (QED) is 0.847. The predicted molar refractivity (Wildman–Crippen MR) is 74.9 cm³/mol. The molecule has 0 saturated carbocycles. The van der Waals surface area contributed by atoms with E-state index < -0.39 is 17.3 Å². The number of fused-ring (bicyclic) bond motifs is 1. The lowest BCUT2D eigenvalue weighted by atomic mass is 9.85. The summed E-state index contributed by atoms with van der Waals surface area (Å²) in [4.78, 5) is 23.1. The number of hydrogen-bond donors (Lipinski definition) is 2. The number of halogens is 1. The van der Waals surface area contributed by atoms with Crippen LogP contribution in [0.1, 0.15) is 19.4 Å². The van der Waals surface area contributed by atoms with Gasteiger partial charge in [-0.25, -0.2) is 9.18 Å². The van der Waals surface area contributed by atoms with Crippen LogP contribution in [0.2, 0.25) is 0 Å². The molecule has 5 nitrogen and oxygen atoms in total. The van der Waals surface area contributed by atoms with Gasteiger partial charge < -0.3 is 10.4 Å². The van der Waals surface area contributed by atoms with Gasteiger partial charge in [-0.1, -0.05) is 0 Å². The minimum Gasteiger partial charge on any atom is -0.464 e. The normalized spacial score (nSPS) is 15.7. The molecule has 2 heterocycles. The van der Waals surface area contributed by atoms with E-state index in [9.17, 15) is 14.0 Å². The number of nitrogens with one attached hydrogen (secondary N) is 1. The molecule has 0 atom stereocenters. The van der Waals surface area contributed by atoms with Gasteiger partial charge in [0.1, 0.15) is 5.82 Å². The SMILES string of the molecule is CC1(C)C(=O)Nc2c(F)cc(-c3cccn3C(=O)O)cc21. The summed E-state index contributed by atoms with van der Waals surface area (Å²) in [6, 6.07) is 6.05. The molecule has 108 valence electrons. The molecule has 0 saturated heterocycles. The lowest BCUT2D eigenvalue weighted by molar-refractivity contribution is -0.119. The topological polar surface area (TPSA) is 71.3 Å². The molecule has 0 aliphatic carbocycles. The Morgan fingerprint density at radius 1 is 1.38 bits per heavy atom. The van der Waals surface area contributed by atoms with E-state index in [1.165, 1.54) is 12.3 Å². The summed E-state index contributed by atoms with van der Waals surface area (Å²) in [6.45, 7) is 3.40. The third-order valence-electron chi connectivity index (χ3n) is 3.82. The Kier molecular flexibility index (Phi) is 2.66. The Hall–Kier alpha value is -2.63. The molecule has 21 heavy (non-hydrogen) atoms. The number of carbonyl (C=O) groups excluding carboxylic acids is 1. The van der Waals surface area contributed by atoms with Gasteiger partial charge in [-0.3, -0.25) is 9.36 Å². The first kappa shape index (κ1) is 13.4. The second-order valence-corrected chi connectivity index (χ2v) is 5.51. The Morgan fingerprint density at radius 3 is 2.76 bits per heavy atom. The van der Waals surface area contributed by atoms with E-state index in [0.29, 0.717) is 16.8 Å². The summed E-state index contributed by atoms with van der Waals surface area (Å²) in [5.74, 6) is -0.846. The monoisotopic (exact) mass is 288 g/mol. The average molecular weight is 288 g/mol. The standard InChI is InChI=1S/C15H13FN2O3/c1-15(2)9-6-8(7-10(16)12(9)17-13(15)19)11-4-3-5-18(11)14(20)21/h3-7H,1-2H3,(H,17,19)(H,20,21). The predicted octanol–water partition coefficient (Wildman–Crippen LogP) is 3.05. The van der Waals surface area contributed by atoms with Crippen molar-refractivity contribution in [2.45, 2.75) is 19.3 Å². The van der Waals surface area contributed by atoms with Gasteiger partial charge in [-0.05, 0) is 43.7 Å². The molecule has 1 aromatic carbocycles. The Bertz CT molecular complexity index is 777. The maximum atomic E-state index is 14.2. The van der Waals surface area contributed by atoms with Crippen molar-refractivity contribution in [2.75, 3.05) is 5.32 Å².